The molecular formula is C23H24N4O3. The van der Waals surface area contributed by atoms with Gasteiger partial charge in [-0.05, 0) is 48.7 Å². The molecular weight excluding hydrogens is 380 g/mol. The Morgan fingerprint density at radius 1 is 1.13 bits per heavy atom. The van der Waals surface area contributed by atoms with Gasteiger partial charge in [0.15, 0.2) is 0 Å². The molecule has 1 aliphatic heterocycles. The molecule has 154 valence electrons. The third-order valence-electron chi connectivity index (χ3n) is 5.12. The number of likely N-dealkylation sites (tertiary alicyclic amines) is 1. The number of aliphatic hydroxyl groups excluding tert-OH is 1. The van der Waals surface area contributed by atoms with Gasteiger partial charge in [0, 0.05) is 42.3 Å². The minimum atomic E-state index is -0.443. The lowest BCUT2D eigenvalue weighted by atomic mass is 10.1. The largest absolute Gasteiger partial charge is 0.497 e. The van der Waals surface area contributed by atoms with Crippen molar-refractivity contribution < 1.29 is 14.6 Å². The summed E-state index contributed by atoms with van der Waals surface area (Å²) in [5, 5.41) is 13.0. The molecule has 3 aromatic rings. The Labute approximate surface area is 175 Å². The van der Waals surface area contributed by atoms with Crippen LogP contribution in [0.1, 0.15) is 23.2 Å². The van der Waals surface area contributed by atoms with Gasteiger partial charge in [-0.25, -0.2) is 9.97 Å². The third-order valence-corrected chi connectivity index (χ3v) is 5.12. The molecule has 0 aliphatic carbocycles. The summed E-state index contributed by atoms with van der Waals surface area (Å²) in [6, 6.07) is 14.9. The molecule has 1 unspecified atom stereocenters. The third kappa shape index (κ3) is 4.58. The molecule has 0 spiro atoms. The molecule has 30 heavy (non-hydrogen) atoms. The second kappa shape index (κ2) is 8.92. The van der Waals surface area contributed by atoms with E-state index >= 15 is 0 Å². The second-order valence-corrected chi connectivity index (χ2v) is 7.28. The highest BCUT2D eigenvalue weighted by Crippen LogP contribution is 2.23. The Balaban J connectivity index is 1.45. The van der Waals surface area contributed by atoms with Crippen molar-refractivity contribution in [2.45, 2.75) is 18.9 Å². The van der Waals surface area contributed by atoms with Gasteiger partial charge in [0.2, 0.25) is 5.95 Å². The zero-order valence-corrected chi connectivity index (χ0v) is 16.8. The lowest BCUT2D eigenvalue weighted by molar-refractivity contribution is 0.0474. The first kappa shape index (κ1) is 19.8. The molecule has 2 N–H and O–H groups in total. The van der Waals surface area contributed by atoms with E-state index in [4.69, 9.17) is 4.74 Å². The Hall–Kier alpha value is -3.45. The molecule has 1 aliphatic rings. The first-order valence-corrected chi connectivity index (χ1v) is 9.93. The van der Waals surface area contributed by atoms with E-state index in [1.165, 1.54) is 0 Å². The van der Waals surface area contributed by atoms with Gasteiger partial charge >= 0.3 is 0 Å². The van der Waals surface area contributed by atoms with Gasteiger partial charge in [-0.3, -0.25) is 4.79 Å². The normalized spacial score (nSPS) is 16.2. The van der Waals surface area contributed by atoms with Gasteiger partial charge in [0.25, 0.3) is 5.91 Å². The molecule has 1 amide bonds. The molecule has 2 aromatic carbocycles. The van der Waals surface area contributed by atoms with Crippen molar-refractivity contribution in [2.24, 2.45) is 0 Å². The number of rotatable bonds is 5. The smallest absolute Gasteiger partial charge is 0.254 e. The van der Waals surface area contributed by atoms with E-state index in [0.29, 0.717) is 24.6 Å². The maximum atomic E-state index is 12.7. The molecule has 1 saturated heterocycles. The first-order chi connectivity index (χ1) is 14.6. The number of β-amino-alcohol motifs (C(OH)–C–C–N with tert-alkyl or cyclic N) is 1. The quantitative estimate of drug-likeness (QED) is 0.677. The molecule has 0 saturated carbocycles. The summed E-state index contributed by atoms with van der Waals surface area (Å²) >= 11 is 0. The van der Waals surface area contributed by atoms with Crippen LogP contribution in [0.2, 0.25) is 0 Å². The van der Waals surface area contributed by atoms with E-state index in [9.17, 15) is 9.90 Å². The zero-order valence-electron chi connectivity index (χ0n) is 16.8. The maximum Gasteiger partial charge on any atom is 0.254 e. The van der Waals surface area contributed by atoms with Gasteiger partial charge in [0.1, 0.15) is 5.75 Å². The molecule has 0 radical (unpaired) electrons. The lowest BCUT2D eigenvalue weighted by Gasteiger charge is -2.30. The summed E-state index contributed by atoms with van der Waals surface area (Å²) in [7, 11) is 1.64. The molecule has 2 heterocycles. The standard InChI is InChI=1S/C23H24N4O3/c1-30-21-9-7-16(8-10-21)18-13-24-23(25-14-18)26-19-5-2-4-17(12-19)22(29)27-11-3-6-20(28)15-27/h2,4-5,7-10,12-14,20,28H,3,6,11,15H2,1H3,(H,24,25,26). The second-order valence-electron chi connectivity index (χ2n) is 7.28. The first-order valence-electron chi connectivity index (χ1n) is 9.93. The number of aromatic nitrogens is 2. The summed E-state index contributed by atoms with van der Waals surface area (Å²) < 4.78 is 5.18. The predicted octanol–water partition coefficient (Wildman–Crippen LogP) is 3.49. The van der Waals surface area contributed by atoms with Gasteiger partial charge < -0.3 is 20.1 Å². The number of anilines is 2. The Kier molecular flexibility index (Phi) is 5.90. The SMILES string of the molecule is COc1ccc(-c2cnc(Nc3cccc(C(=O)N4CCCC(O)C4)c3)nc2)cc1. The minimum Gasteiger partial charge on any atom is -0.497 e. The fraction of sp³-hybridized carbons (Fsp3) is 0.261. The Morgan fingerprint density at radius 2 is 1.90 bits per heavy atom. The average molecular weight is 404 g/mol. The van der Waals surface area contributed by atoms with Crippen LogP contribution in [-0.2, 0) is 0 Å². The number of carbonyl (C=O) groups excluding carboxylic acids is 1. The van der Waals surface area contributed by atoms with E-state index in [1.54, 1.807) is 36.5 Å². The van der Waals surface area contributed by atoms with Crippen molar-refractivity contribution in [1.82, 2.24) is 14.9 Å². The minimum absolute atomic E-state index is 0.0758. The predicted molar refractivity (Wildman–Crippen MR) is 115 cm³/mol. The van der Waals surface area contributed by atoms with Crippen molar-refractivity contribution in [2.75, 3.05) is 25.5 Å². The van der Waals surface area contributed by atoms with Gasteiger partial charge in [-0.1, -0.05) is 18.2 Å². The fourth-order valence-electron chi connectivity index (χ4n) is 3.51. The number of aliphatic hydroxyl groups is 1. The van der Waals surface area contributed by atoms with Gasteiger partial charge in [-0.2, -0.15) is 0 Å². The summed E-state index contributed by atoms with van der Waals surface area (Å²) in [4.78, 5) is 23.2. The van der Waals surface area contributed by atoms with Gasteiger partial charge in [-0.15, -0.1) is 0 Å². The van der Waals surface area contributed by atoms with Crippen LogP contribution < -0.4 is 10.1 Å². The molecule has 7 nitrogen and oxygen atoms in total. The number of nitrogens with one attached hydrogen (secondary N) is 1. The number of nitrogens with zero attached hydrogens (tertiary/aromatic N) is 3. The van der Waals surface area contributed by atoms with Crippen LogP contribution in [0.3, 0.4) is 0 Å². The van der Waals surface area contributed by atoms with Crippen molar-refractivity contribution in [3.63, 3.8) is 0 Å². The van der Waals surface area contributed by atoms with E-state index in [-0.39, 0.29) is 5.91 Å². The molecule has 0 bridgehead atoms. The number of methoxy groups -OCH3 is 1. The van der Waals surface area contributed by atoms with Crippen molar-refractivity contribution >= 4 is 17.5 Å². The van der Waals surface area contributed by atoms with Gasteiger partial charge in [0.05, 0.1) is 13.2 Å². The Morgan fingerprint density at radius 3 is 2.60 bits per heavy atom. The molecule has 1 atom stereocenters. The maximum absolute atomic E-state index is 12.7. The fourth-order valence-corrected chi connectivity index (χ4v) is 3.51. The summed E-state index contributed by atoms with van der Waals surface area (Å²) in [6.07, 6.45) is 4.62. The molecule has 1 fully saturated rings. The molecule has 4 rings (SSSR count). The van der Waals surface area contributed by atoms with Crippen molar-refractivity contribution in [3.05, 3.63) is 66.5 Å². The summed E-state index contributed by atoms with van der Waals surface area (Å²) in [5.74, 6) is 1.17. The average Bonchev–Trinajstić information content (AvgIpc) is 2.79. The highest BCUT2D eigenvalue weighted by atomic mass is 16.5. The number of amides is 1. The Bertz CT molecular complexity index is 1010. The van der Waals surface area contributed by atoms with Crippen LogP contribution in [0.5, 0.6) is 5.75 Å². The number of hydrogen-bond donors (Lipinski definition) is 2. The summed E-state index contributed by atoms with van der Waals surface area (Å²) in [5.41, 5.74) is 3.20. The number of piperidine rings is 1. The van der Waals surface area contributed by atoms with E-state index in [1.807, 2.05) is 36.4 Å². The number of carbonyl (C=O) groups is 1. The molecule has 1 aromatic heterocycles. The van der Waals surface area contributed by atoms with E-state index in [0.717, 1.165) is 35.4 Å². The number of benzene rings is 2. The zero-order chi connectivity index (χ0) is 20.9. The van der Waals surface area contributed by atoms with Crippen LogP contribution in [-0.4, -0.2) is 52.2 Å². The van der Waals surface area contributed by atoms with Crippen molar-refractivity contribution in [3.8, 4) is 16.9 Å². The lowest BCUT2D eigenvalue weighted by Crippen LogP contribution is -2.42. The van der Waals surface area contributed by atoms with E-state index in [2.05, 4.69) is 15.3 Å². The van der Waals surface area contributed by atoms with E-state index < -0.39 is 6.10 Å². The van der Waals surface area contributed by atoms with Crippen LogP contribution in [0.25, 0.3) is 11.1 Å². The summed E-state index contributed by atoms with van der Waals surface area (Å²) in [6.45, 7) is 1.05. The monoisotopic (exact) mass is 404 g/mol. The number of ether oxygens (including phenoxy) is 1. The highest BCUT2D eigenvalue weighted by molar-refractivity contribution is 5.95. The van der Waals surface area contributed by atoms with Crippen LogP contribution in [0.4, 0.5) is 11.6 Å². The van der Waals surface area contributed by atoms with Crippen molar-refractivity contribution in [1.29, 1.82) is 0 Å². The van der Waals surface area contributed by atoms with Crippen LogP contribution in [0.15, 0.2) is 60.9 Å². The molecule has 7 heteroatoms. The number of hydrogen-bond acceptors (Lipinski definition) is 6. The topological polar surface area (TPSA) is 87.6 Å². The highest BCUT2D eigenvalue weighted by Gasteiger charge is 2.23. The van der Waals surface area contributed by atoms with Crippen LogP contribution >= 0.6 is 0 Å². The van der Waals surface area contributed by atoms with Crippen LogP contribution in [0, 0.1) is 0 Å².